The van der Waals surface area contributed by atoms with E-state index < -0.39 is 0 Å². The van der Waals surface area contributed by atoms with Crippen molar-refractivity contribution in [2.24, 2.45) is 12.1 Å². The van der Waals surface area contributed by atoms with Crippen LogP contribution < -0.4 is 5.43 Å². The number of nitrogens with one attached hydrogen (secondary N) is 1. The summed E-state index contributed by atoms with van der Waals surface area (Å²) in [7, 11) is 1.96. The van der Waals surface area contributed by atoms with E-state index in [0.29, 0.717) is 5.56 Å². The first-order chi connectivity index (χ1) is 10.7. The van der Waals surface area contributed by atoms with E-state index in [4.69, 9.17) is 0 Å². The second-order valence-corrected chi connectivity index (χ2v) is 5.18. The SMILES string of the molecule is Cc1ccc(/C=N/NC(=O)c2cccc3ccccc23)n1C. The molecule has 1 heterocycles. The van der Waals surface area contributed by atoms with E-state index in [0.717, 1.165) is 22.2 Å². The topological polar surface area (TPSA) is 46.4 Å². The molecule has 0 atom stereocenters. The molecule has 4 heteroatoms. The minimum absolute atomic E-state index is 0.209. The lowest BCUT2D eigenvalue weighted by Crippen LogP contribution is -2.18. The number of amides is 1. The van der Waals surface area contributed by atoms with Gasteiger partial charge in [-0.15, -0.1) is 0 Å². The van der Waals surface area contributed by atoms with E-state index in [2.05, 4.69) is 10.5 Å². The minimum Gasteiger partial charge on any atom is -0.347 e. The number of fused-ring (bicyclic) bond motifs is 1. The molecule has 3 rings (SSSR count). The Hall–Kier alpha value is -2.88. The Kier molecular flexibility index (Phi) is 3.74. The van der Waals surface area contributed by atoms with Gasteiger partial charge in [0.1, 0.15) is 0 Å². The van der Waals surface area contributed by atoms with Crippen LogP contribution >= 0.6 is 0 Å². The first kappa shape index (κ1) is 14.1. The highest BCUT2D eigenvalue weighted by molar-refractivity contribution is 6.07. The number of hydrogen-bond acceptors (Lipinski definition) is 2. The van der Waals surface area contributed by atoms with Crippen LogP contribution in [0.2, 0.25) is 0 Å². The van der Waals surface area contributed by atoms with Crippen LogP contribution in [0, 0.1) is 6.92 Å². The Morgan fingerprint density at radius 2 is 1.86 bits per heavy atom. The van der Waals surface area contributed by atoms with Gasteiger partial charge in [0.25, 0.3) is 5.91 Å². The number of carbonyl (C=O) groups excluding carboxylic acids is 1. The Balaban J connectivity index is 1.81. The second-order valence-electron chi connectivity index (χ2n) is 5.18. The van der Waals surface area contributed by atoms with Crippen molar-refractivity contribution in [1.29, 1.82) is 0 Å². The van der Waals surface area contributed by atoms with Crippen molar-refractivity contribution in [3.63, 3.8) is 0 Å². The molecule has 22 heavy (non-hydrogen) atoms. The van der Waals surface area contributed by atoms with Crippen LogP contribution in [0.4, 0.5) is 0 Å². The van der Waals surface area contributed by atoms with Crippen LogP contribution in [0.1, 0.15) is 21.7 Å². The van der Waals surface area contributed by atoms with Gasteiger partial charge in [0.2, 0.25) is 0 Å². The van der Waals surface area contributed by atoms with E-state index in [1.807, 2.05) is 67.1 Å². The predicted octanol–water partition coefficient (Wildman–Crippen LogP) is 3.25. The monoisotopic (exact) mass is 291 g/mol. The molecule has 1 amide bonds. The second kappa shape index (κ2) is 5.85. The van der Waals surface area contributed by atoms with E-state index in [1.54, 1.807) is 12.3 Å². The lowest BCUT2D eigenvalue weighted by Gasteiger charge is -2.05. The Morgan fingerprint density at radius 3 is 2.64 bits per heavy atom. The quantitative estimate of drug-likeness (QED) is 0.584. The highest BCUT2D eigenvalue weighted by Gasteiger charge is 2.08. The molecule has 0 spiro atoms. The van der Waals surface area contributed by atoms with Gasteiger partial charge in [0.15, 0.2) is 0 Å². The van der Waals surface area contributed by atoms with Gasteiger partial charge in [-0.05, 0) is 35.9 Å². The molecular weight excluding hydrogens is 274 g/mol. The van der Waals surface area contributed by atoms with Crippen molar-refractivity contribution in [1.82, 2.24) is 9.99 Å². The molecule has 0 saturated heterocycles. The smallest absolute Gasteiger partial charge is 0.271 e. The van der Waals surface area contributed by atoms with Crippen LogP contribution in [-0.2, 0) is 7.05 Å². The molecule has 0 saturated carbocycles. The van der Waals surface area contributed by atoms with Gasteiger partial charge in [0, 0.05) is 18.3 Å². The fourth-order valence-electron chi connectivity index (χ4n) is 2.40. The maximum absolute atomic E-state index is 12.3. The fourth-order valence-corrected chi connectivity index (χ4v) is 2.40. The van der Waals surface area contributed by atoms with Crippen LogP contribution in [0.25, 0.3) is 10.8 Å². The normalized spacial score (nSPS) is 11.2. The van der Waals surface area contributed by atoms with E-state index >= 15 is 0 Å². The van der Waals surface area contributed by atoms with Gasteiger partial charge in [-0.3, -0.25) is 4.79 Å². The summed E-state index contributed by atoms with van der Waals surface area (Å²) in [6.45, 7) is 2.02. The summed E-state index contributed by atoms with van der Waals surface area (Å²) in [6, 6.07) is 17.5. The Bertz CT molecular complexity index is 856. The average Bonchev–Trinajstić information content (AvgIpc) is 2.86. The van der Waals surface area contributed by atoms with Crippen molar-refractivity contribution in [2.45, 2.75) is 6.92 Å². The van der Waals surface area contributed by atoms with Crippen molar-refractivity contribution >= 4 is 22.9 Å². The fraction of sp³-hybridized carbons (Fsp3) is 0.111. The number of aromatic nitrogens is 1. The Morgan fingerprint density at radius 1 is 1.09 bits per heavy atom. The third-order valence-corrected chi connectivity index (χ3v) is 3.81. The first-order valence-corrected chi connectivity index (χ1v) is 7.10. The zero-order chi connectivity index (χ0) is 15.5. The lowest BCUT2D eigenvalue weighted by atomic mass is 10.0. The number of benzene rings is 2. The summed E-state index contributed by atoms with van der Waals surface area (Å²) >= 11 is 0. The molecule has 1 N–H and O–H groups in total. The summed E-state index contributed by atoms with van der Waals surface area (Å²) in [4.78, 5) is 12.3. The maximum atomic E-state index is 12.3. The van der Waals surface area contributed by atoms with Gasteiger partial charge in [-0.2, -0.15) is 5.10 Å². The number of rotatable bonds is 3. The molecular formula is C18H17N3O. The molecule has 0 fully saturated rings. The van der Waals surface area contributed by atoms with Crippen molar-refractivity contribution in [3.8, 4) is 0 Å². The molecule has 0 bridgehead atoms. The van der Waals surface area contributed by atoms with Crippen molar-refractivity contribution in [2.75, 3.05) is 0 Å². The van der Waals surface area contributed by atoms with Crippen molar-refractivity contribution in [3.05, 3.63) is 71.5 Å². The third-order valence-electron chi connectivity index (χ3n) is 3.81. The molecule has 1 aromatic heterocycles. The molecule has 0 aliphatic heterocycles. The van der Waals surface area contributed by atoms with Crippen LogP contribution in [0.5, 0.6) is 0 Å². The number of hydrogen-bond donors (Lipinski definition) is 1. The minimum atomic E-state index is -0.209. The van der Waals surface area contributed by atoms with E-state index in [-0.39, 0.29) is 5.91 Å². The van der Waals surface area contributed by atoms with Gasteiger partial charge < -0.3 is 4.57 Å². The number of carbonyl (C=O) groups is 1. The van der Waals surface area contributed by atoms with Crippen molar-refractivity contribution < 1.29 is 4.79 Å². The lowest BCUT2D eigenvalue weighted by molar-refractivity contribution is 0.0957. The van der Waals surface area contributed by atoms with Gasteiger partial charge in [-0.25, -0.2) is 5.43 Å². The Labute approximate surface area is 129 Å². The molecule has 110 valence electrons. The molecule has 2 aromatic carbocycles. The summed E-state index contributed by atoms with van der Waals surface area (Å²) in [6.07, 6.45) is 1.65. The first-order valence-electron chi connectivity index (χ1n) is 7.10. The third kappa shape index (κ3) is 2.63. The average molecular weight is 291 g/mol. The molecule has 0 aliphatic rings. The summed E-state index contributed by atoms with van der Waals surface area (Å²) in [5.74, 6) is -0.209. The highest BCUT2D eigenvalue weighted by atomic mass is 16.2. The number of nitrogens with zero attached hydrogens (tertiary/aromatic N) is 2. The zero-order valence-corrected chi connectivity index (χ0v) is 12.6. The van der Waals surface area contributed by atoms with Gasteiger partial charge >= 0.3 is 0 Å². The van der Waals surface area contributed by atoms with Gasteiger partial charge in [0.05, 0.1) is 11.9 Å². The summed E-state index contributed by atoms with van der Waals surface area (Å²) in [5, 5.41) is 6.02. The van der Waals surface area contributed by atoms with E-state index in [1.165, 1.54) is 0 Å². The molecule has 0 aliphatic carbocycles. The largest absolute Gasteiger partial charge is 0.347 e. The van der Waals surface area contributed by atoms with Crippen LogP contribution in [0.15, 0.2) is 59.7 Å². The zero-order valence-electron chi connectivity index (χ0n) is 12.6. The number of aryl methyl sites for hydroxylation is 1. The molecule has 0 unspecified atom stereocenters. The highest BCUT2D eigenvalue weighted by Crippen LogP contribution is 2.18. The standard InChI is InChI=1S/C18H17N3O/c1-13-10-11-15(21(13)2)12-19-20-18(22)17-9-5-7-14-6-3-4-8-16(14)17/h3-12H,1-2H3,(H,20,22)/b19-12+. The van der Waals surface area contributed by atoms with Crippen LogP contribution in [0.3, 0.4) is 0 Å². The molecule has 4 nitrogen and oxygen atoms in total. The molecule has 3 aromatic rings. The summed E-state index contributed by atoms with van der Waals surface area (Å²) in [5.41, 5.74) is 5.30. The van der Waals surface area contributed by atoms with Gasteiger partial charge in [-0.1, -0.05) is 36.4 Å². The van der Waals surface area contributed by atoms with E-state index in [9.17, 15) is 4.79 Å². The molecule has 0 radical (unpaired) electrons. The summed E-state index contributed by atoms with van der Waals surface area (Å²) < 4.78 is 2.01. The van der Waals surface area contributed by atoms with Crippen LogP contribution in [-0.4, -0.2) is 16.7 Å². The number of hydrazone groups is 1. The predicted molar refractivity (Wildman–Crippen MR) is 89.2 cm³/mol. The maximum Gasteiger partial charge on any atom is 0.271 e.